The largest absolute Gasteiger partial charge is 0.388 e. The Bertz CT molecular complexity index is 354. The summed E-state index contributed by atoms with van der Waals surface area (Å²) in [6.07, 6.45) is 5.53. The van der Waals surface area contributed by atoms with E-state index in [0.29, 0.717) is 0 Å². The van der Waals surface area contributed by atoms with Crippen molar-refractivity contribution in [2.24, 2.45) is 0 Å². The third-order valence-corrected chi connectivity index (χ3v) is 3.44. The number of rotatable bonds is 0. The molecule has 0 aliphatic heterocycles. The van der Waals surface area contributed by atoms with Crippen LogP contribution in [0.5, 0.6) is 0 Å². The van der Waals surface area contributed by atoms with Gasteiger partial charge in [-0.1, -0.05) is 12.1 Å². The molecular formula is C12H14O. The van der Waals surface area contributed by atoms with Gasteiger partial charge in [-0.2, -0.15) is 0 Å². The molecule has 1 unspecified atom stereocenters. The van der Waals surface area contributed by atoms with E-state index in [1.807, 2.05) is 0 Å². The number of fused-ring (bicyclic) bond motifs is 3. The van der Waals surface area contributed by atoms with Gasteiger partial charge < -0.3 is 5.11 Å². The van der Waals surface area contributed by atoms with Crippen LogP contribution in [0.2, 0.25) is 0 Å². The second-order valence-corrected chi connectivity index (χ2v) is 4.18. The van der Waals surface area contributed by atoms with Gasteiger partial charge in [-0.15, -0.1) is 0 Å². The maximum absolute atomic E-state index is 9.85. The number of benzene rings is 1. The molecule has 2 aliphatic carbocycles. The Balaban J connectivity index is 2.23. The molecule has 0 aromatic heterocycles. The Morgan fingerprint density at radius 3 is 2.85 bits per heavy atom. The van der Waals surface area contributed by atoms with Gasteiger partial charge in [0.25, 0.3) is 0 Å². The minimum Gasteiger partial charge on any atom is -0.388 e. The Labute approximate surface area is 78.4 Å². The van der Waals surface area contributed by atoms with Gasteiger partial charge in [0.1, 0.15) is 0 Å². The van der Waals surface area contributed by atoms with E-state index in [0.717, 1.165) is 12.8 Å². The molecule has 0 radical (unpaired) electrons. The molecule has 0 heterocycles. The van der Waals surface area contributed by atoms with E-state index in [9.17, 15) is 5.11 Å². The highest BCUT2D eigenvalue weighted by atomic mass is 16.3. The van der Waals surface area contributed by atoms with Gasteiger partial charge in [-0.25, -0.2) is 0 Å². The van der Waals surface area contributed by atoms with E-state index in [1.54, 1.807) is 0 Å². The zero-order valence-electron chi connectivity index (χ0n) is 7.71. The topological polar surface area (TPSA) is 20.2 Å². The quantitative estimate of drug-likeness (QED) is 0.639. The Hall–Kier alpha value is -0.820. The lowest BCUT2D eigenvalue weighted by atomic mass is 9.99. The molecule has 3 rings (SSSR count). The molecular weight excluding hydrogens is 160 g/mol. The second kappa shape index (κ2) is 2.58. The van der Waals surface area contributed by atoms with Crippen molar-refractivity contribution in [1.82, 2.24) is 0 Å². The fourth-order valence-electron chi connectivity index (χ4n) is 2.81. The van der Waals surface area contributed by atoms with Crippen molar-refractivity contribution >= 4 is 0 Å². The molecule has 1 aromatic carbocycles. The summed E-state index contributed by atoms with van der Waals surface area (Å²) in [5.74, 6) is 0. The molecule has 1 aromatic rings. The van der Waals surface area contributed by atoms with Crippen LogP contribution in [0.4, 0.5) is 0 Å². The molecule has 0 bridgehead atoms. The number of aliphatic hydroxyl groups is 1. The standard InChI is InChI=1S/C12H14O/c13-11-7-6-9-5-4-8-2-1-3-10(8)12(9)11/h4-5,11,13H,1-3,6-7H2. The van der Waals surface area contributed by atoms with Gasteiger partial charge in [-0.05, 0) is 54.4 Å². The van der Waals surface area contributed by atoms with Crippen LogP contribution in [0.1, 0.15) is 41.2 Å². The molecule has 0 spiro atoms. The first kappa shape index (κ1) is 7.57. The summed E-state index contributed by atoms with van der Waals surface area (Å²) in [4.78, 5) is 0. The molecule has 0 saturated heterocycles. The van der Waals surface area contributed by atoms with Crippen molar-refractivity contribution in [3.63, 3.8) is 0 Å². The maximum Gasteiger partial charge on any atom is 0.0798 e. The van der Waals surface area contributed by atoms with Gasteiger partial charge in [0.2, 0.25) is 0 Å². The molecule has 1 N–H and O–H groups in total. The number of aryl methyl sites for hydroxylation is 2. The van der Waals surface area contributed by atoms with Gasteiger partial charge >= 0.3 is 0 Å². The lowest BCUT2D eigenvalue weighted by molar-refractivity contribution is 0.179. The molecule has 68 valence electrons. The van der Waals surface area contributed by atoms with Crippen molar-refractivity contribution < 1.29 is 5.11 Å². The van der Waals surface area contributed by atoms with Crippen LogP contribution < -0.4 is 0 Å². The first-order chi connectivity index (χ1) is 6.36. The first-order valence-electron chi connectivity index (χ1n) is 5.18. The summed E-state index contributed by atoms with van der Waals surface area (Å²) in [6.45, 7) is 0. The zero-order chi connectivity index (χ0) is 8.84. The predicted octanol–water partition coefficient (Wildman–Crippen LogP) is 2.15. The monoisotopic (exact) mass is 174 g/mol. The van der Waals surface area contributed by atoms with Crippen molar-refractivity contribution in [3.8, 4) is 0 Å². The van der Waals surface area contributed by atoms with Gasteiger partial charge in [-0.3, -0.25) is 0 Å². The van der Waals surface area contributed by atoms with Crippen molar-refractivity contribution in [1.29, 1.82) is 0 Å². The maximum atomic E-state index is 9.85. The smallest absolute Gasteiger partial charge is 0.0798 e. The van der Waals surface area contributed by atoms with Crippen LogP contribution in [-0.2, 0) is 19.3 Å². The normalized spacial score (nSPS) is 24.5. The molecule has 0 saturated carbocycles. The number of aliphatic hydroxyl groups excluding tert-OH is 1. The number of hydrogen-bond acceptors (Lipinski definition) is 1. The predicted molar refractivity (Wildman–Crippen MR) is 51.7 cm³/mol. The lowest BCUT2D eigenvalue weighted by Gasteiger charge is -2.10. The van der Waals surface area contributed by atoms with Crippen LogP contribution in [-0.4, -0.2) is 5.11 Å². The fourth-order valence-corrected chi connectivity index (χ4v) is 2.81. The second-order valence-electron chi connectivity index (χ2n) is 4.18. The molecule has 2 aliphatic rings. The van der Waals surface area contributed by atoms with E-state index in [2.05, 4.69) is 12.1 Å². The molecule has 1 atom stereocenters. The highest BCUT2D eigenvalue weighted by Gasteiger charge is 2.26. The Kier molecular flexibility index (Phi) is 1.50. The zero-order valence-corrected chi connectivity index (χ0v) is 7.71. The van der Waals surface area contributed by atoms with E-state index >= 15 is 0 Å². The van der Waals surface area contributed by atoms with Crippen molar-refractivity contribution in [3.05, 3.63) is 34.4 Å². The first-order valence-corrected chi connectivity index (χ1v) is 5.18. The lowest BCUT2D eigenvalue weighted by Crippen LogP contribution is -1.97. The Morgan fingerprint density at radius 1 is 1.08 bits per heavy atom. The third-order valence-electron chi connectivity index (χ3n) is 3.44. The van der Waals surface area contributed by atoms with Crippen LogP contribution in [0.15, 0.2) is 12.1 Å². The van der Waals surface area contributed by atoms with E-state index in [1.165, 1.54) is 41.5 Å². The summed E-state index contributed by atoms with van der Waals surface area (Å²) in [5, 5.41) is 9.85. The van der Waals surface area contributed by atoms with Crippen LogP contribution in [0.25, 0.3) is 0 Å². The molecule has 0 amide bonds. The summed E-state index contributed by atoms with van der Waals surface area (Å²) in [7, 11) is 0. The average Bonchev–Trinajstić information content (AvgIpc) is 2.70. The summed E-state index contributed by atoms with van der Waals surface area (Å²) in [6, 6.07) is 4.48. The number of hydrogen-bond donors (Lipinski definition) is 1. The Morgan fingerprint density at radius 2 is 1.92 bits per heavy atom. The van der Waals surface area contributed by atoms with E-state index in [4.69, 9.17) is 0 Å². The minimum absolute atomic E-state index is 0.164. The third kappa shape index (κ3) is 0.969. The summed E-state index contributed by atoms with van der Waals surface area (Å²) >= 11 is 0. The van der Waals surface area contributed by atoms with Gasteiger partial charge in [0.15, 0.2) is 0 Å². The van der Waals surface area contributed by atoms with Crippen LogP contribution >= 0.6 is 0 Å². The van der Waals surface area contributed by atoms with Gasteiger partial charge in [0, 0.05) is 0 Å². The summed E-state index contributed by atoms with van der Waals surface area (Å²) < 4.78 is 0. The van der Waals surface area contributed by atoms with E-state index < -0.39 is 0 Å². The molecule has 0 fully saturated rings. The van der Waals surface area contributed by atoms with Gasteiger partial charge in [0.05, 0.1) is 6.10 Å². The molecule has 1 heteroatoms. The summed E-state index contributed by atoms with van der Waals surface area (Å²) in [5.41, 5.74) is 5.64. The minimum atomic E-state index is -0.164. The average molecular weight is 174 g/mol. The SMILES string of the molecule is OC1CCc2ccc3c(c21)CCC3. The fraction of sp³-hybridized carbons (Fsp3) is 0.500. The molecule has 1 nitrogen and oxygen atoms in total. The van der Waals surface area contributed by atoms with Crippen LogP contribution in [0, 0.1) is 0 Å². The van der Waals surface area contributed by atoms with Crippen molar-refractivity contribution in [2.45, 2.75) is 38.2 Å². The van der Waals surface area contributed by atoms with Crippen LogP contribution in [0.3, 0.4) is 0 Å². The van der Waals surface area contributed by atoms with E-state index in [-0.39, 0.29) is 6.10 Å². The molecule has 13 heavy (non-hydrogen) atoms. The highest BCUT2D eigenvalue weighted by Crippen LogP contribution is 2.38. The highest BCUT2D eigenvalue weighted by molar-refractivity contribution is 5.47. The van der Waals surface area contributed by atoms with Crippen molar-refractivity contribution in [2.75, 3.05) is 0 Å².